The van der Waals surface area contributed by atoms with Gasteiger partial charge in [-0.3, -0.25) is 4.90 Å². The van der Waals surface area contributed by atoms with Gasteiger partial charge in [0.05, 0.1) is 6.04 Å². The van der Waals surface area contributed by atoms with Crippen molar-refractivity contribution in [3.63, 3.8) is 0 Å². The number of nitrogens with zero attached hydrogens (tertiary/aromatic N) is 1. The van der Waals surface area contributed by atoms with Crippen LogP contribution in [0.15, 0.2) is 16.5 Å². The maximum Gasteiger partial charge on any atom is 0.121 e. The van der Waals surface area contributed by atoms with Gasteiger partial charge in [-0.1, -0.05) is 6.42 Å². The molecule has 1 saturated carbocycles. The SMILES string of the molecule is Cc1ccc([C@H](C2CCC2)N2CCNCC2)o1.Cl.Cl. The van der Waals surface area contributed by atoms with Crippen molar-refractivity contribution >= 4 is 24.8 Å². The number of hydrogen-bond donors (Lipinski definition) is 1. The quantitative estimate of drug-likeness (QED) is 0.930. The number of piperazine rings is 1. The third-order valence-corrected chi connectivity index (χ3v) is 4.19. The van der Waals surface area contributed by atoms with Crippen LogP contribution < -0.4 is 5.32 Å². The highest BCUT2D eigenvalue weighted by atomic mass is 35.5. The Labute approximate surface area is 127 Å². The average Bonchev–Trinajstić information content (AvgIpc) is 2.71. The molecule has 3 rings (SSSR count). The number of rotatable bonds is 3. The molecule has 1 aromatic heterocycles. The van der Waals surface area contributed by atoms with Crippen molar-refractivity contribution in [1.29, 1.82) is 0 Å². The van der Waals surface area contributed by atoms with Crippen LogP contribution in [-0.2, 0) is 0 Å². The molecular weight excluding hydrogens is 283 g/mol. The molecule has 19 heavy (non-hydrogen) atoms. The second-order valence-corrected chi connectivity index (χ2v) is 5.37. The van der Waals surface area contributed by atoms with E-state index >= 15 is 0 Å². The van der Waals surface area contributed by atoms with Crippen LogP contribution in [0.5, 0.6) is 0 Å². The van der Waals surface area contributed by atoms with E-state index in [4.69, 9.17) is 4.42 Å². The summed E-state index contributed by atoms with van der Waals surface area (Å²) in [5, 5.41) is 3.43. The lowest BCUT2D eigenvalue weighted by Crippen LogP contribution is -2.47. The second kappa shape index (κ2) is 7.53. The fourth-order valence-corrected chi connectivity index (χ4v) is 3.04. The highest BCUT2D eigenvalue weighted by Gasteiger charge is 2.35. The summed E-state index contributed by atoms with van der Waals surface area (Å²) in [5.74, 6) is 3.05. The van der Waals surface area contributed by atoms with Gasteiger partial charge in [0, 0.05) is 26.2 Å². The van der Waals surface area contributed by atoms with Crippen LogP contribution in [0.25, 0.3) is 0 Å². The van der Waals surface area contributed by atoms with Crippen LogP contribution >= 0.6 is 24.8 Å². The van der Waals surface area contributed by atoms with Gasteiger partial charge in [0.1, 0.15) is 11.5 Å². The van der Waals surface area contributed by atoms with Gasteiger partial charge < -0.3 is 9.73 Å². The molecule has 1 N–H and O–H groups in total. The molecule has 0 unspecified atom stereocenters. The lowest BCUT2D eigenvalue weighted by atomic mass is 9.78. The topological polar surface area (TPSA) is 28.4 Å². The number of halogens is 2. The largest absolute Gasteiger partial charge is 0.465 e. The average molecular weight is 307 g/mol. The molecule has 1 saturated heterocycles. The highest BCUT2D eigenvalue weighted by Crippen LogP contribution is 2.41. The molecule has 0 aromatic carbocycles. The first-order valence-corrected chi connectivity index (χ1v) is 6.86. The first-order chi connectivity index (χ1) is 8.34. The Hall–Kier alpha value is -0.220. The predicted molar refractivity (Wildman–Crippen MR) is 82.5 cm³/mol. The Balaban J connectivity index is 0.000000902. The van der Waals surface area contributed by atoms with Crippen molar-refractivity contribution in [2.24, 2.45) is 5.92 Å². The first-order valence-electron chi connectivity index (χ1n) is 6.86. The number of nitrogens with one attached hydrogen (secondary N) is 1. The minimum absolute atomic E-state index is 0. The molecule has 0 bridgehead atoms. The summed E-state index contributed by atoms with van der Waals surface area (Å²) in [5.41, 5.74) is 0. The summed E-state index contributed by atoms with van der Waals surface area (Å²) in [6.07, 6.45) is 4.13. The van der Waals surface area contributed by atoms with Crippen molar-refractivity contribution in [2.75, 3.05) is 26.2 Å². The third kappa shape index (κ3) is 3.66. The van der Waals surface area contributed by atoms with Gasteiger partial charge in [-0.15, -0.1) is 24.8 Å². The van der Waals surface area contributed by atoms with E-state index in [9.17, 15) is 0 Å². The van der Waals surface area contributed by atoms with Crippen molar-refractivity contribution in [2.45, 2.75) is 32.2 Å². The zero-order chi connectivity index (χ0) is 11.7. The normalized spacial score (nSPS) is 21.9. The Kier molecular flexibility index (Phi) is 6.67. The van der Waals surface area contributed by atoms with Gasteiger partial charge in [-0.2, -0.15) is 0 Å². The van der Waals surface area contributed by atoms with Gasteiger partial charge in [0.25, 0.3) is 0 Å². The molecule has 0 radical (unpaired) electrons. The van der Waals surface area contributed by atoms with Gasteiger partial charge in [0.2, 0.25) is 0 Å². The predicted octanol–water partition coefficient (Wildman–Crippen LogP) is 3.18. The Bertz CT molecular complexity index is 373. The van der Waals surface area contributed by atoms with Crippen LogP contribution in [0.4, 0.5) is 0 Å². The lowest BCUT2D eigenvalue weighted by Gasteiger charge is -2.41. The molecule has 1 aliphatic carbocycles. The van der Waals surface area contributed by atoms with Crippen LogP contribution in [0.2, 0.25) is 0 Å². The maximum absolute atomic E-state index is 5.89. The van der Waals surface area contributed by atoms with Crippen LogP contribution in [0.3, 0.4) is 0 Å². The molecule has 110 valence electrons. The third-order valence-electron chi connectivity index (χ3n) is 4.19. The van der Waals surface area contributed by atoms with E-state index in [-0.39, 0.29) is 24.8 Å². The summed E-state index contributed by atoms with van der Waals surface area (Å²) < 4.78 is 5.89. The summed E-state index contributed by atoms with van der Waals surface area (Å²) in [7, 11) is 0. The summed E-state index contributed by atoms with van der Waals surface area (Å²) >= 11 is 0. The molecule has 1 aliphatic heterocycles. The molecule has 1 atom stereocenters. The Morgan fingerprint density at radius 2 is 1.89 bits per heavy atom. The molecule has 2 fully saturated rings. The molecular formula is C14H24Cl2N2O. The number of aryl methyl sites for hydroxylation is 1. The van der Waals surface area contributed by atoms with Crippen molar-refractivity contribution < 1.29 is 4.42 Å². The smallest absolute Gasteiger partial charge is 0.121 e. The minimum atomic E-state index is 0. The van der Waals surface area contributed by atoms with E-state index in [1.54, 1.807) is 0 Å². The molecule has 2 heterocycles. The summed E-state index contributed by atoms with van der Waals surface area (Å²) in [6, 6.07) is 4.81. The molecule has 5 heteroatoms. The highest BCUT2D eigenvalue weighted by molar-refractivity contribution is 5.85. The standard InChI is InChI=1S/C14H22N2O.2ClH/c1-11-5-6-13(17-11)14(12-3-2-4-12)16-9-7-15-8-10-16;;/h5-6,12,14-15H,2-4,7-10H2,1H3;2*1H/t14-;;/m0../s1. The zero-order valence-corrected chi connectivity index (χ0v) is 13.1. The molecule has 0 amide bonds. The van der Waals surface area contributed by atoms with E-state index in [1.165, 1.54) is 25.0 Å². The fraction of sp³-hybridized carbons (Fsp3) is 0.714. The van der Waals surface area contributed by atoms with Crippen LogP contribution in [-0.4, -0.2) is 31.1 Å². The summed E-state index contributed by atoms with van der Waals surface area (Å²) in [4.78, 5) is 2.61. The van der Waals surface area contributed by atoms with E-state index in [0.717, 1.165) is 37.9 Å². The Morgan fingerprint density at radius 1 is 1.21 bits per heavy atom. The van der Waals surface area contributed by atoms with E-state index < -0.39 is 0 Å². The van der Waals surface area contributed by atoms with Gasteiger partial charge in [0.15, 0.2) is 0 Å². The number of furan rings is 1. The first kappa shape index (κ1) is 16.8. The second-order valence-electron chi connectivity index (χ2n) is 5.37. The van der Waals surface area contributed by atoms with Crippen molar-refractivity contribution in [3.05, 3.63) is 23.7 Å². The molecule has 2 aliphatic rings. The lowest BCUT2D eigenvalue weighted by molar-refractivity contribution is 0.0679. The molecule has 1 aromatic rings. The van der Waals surface area contributed by atoms with E-state index in [1.807, 2.05) is 6.92 Å². The molecule has 3 nitrogen and oxygen atoms in total. The van der Waals surface area contributed by atoms with Gasteiger partial charge in [-0.05, 0) is 37.8 Å². The van der Waals surface area contributed by atoms with E-state index in [0.29, 0.717) is 6.04 Å². The minimum Gasteiger partial charge on any atom is -0.465 e. The summed E-state index contributed by atoms with van der Waals surface area (Å²) in [6.45, 7) is 6.58. The molecule has 0 spiro atoms. The monoisotopic (exact) mass is 306 g/mol. The van der Waals surface area contributed by atoms with Gasteiger partial charge >= 0.3 is 0 Å². The maximum atomic E-state index is 5.89. The van der Waals surface area contributed by atoms with Crippen molar-refractivity contribution in [3.8, 4) is 0 Å². The zero-order valence-electron chi connectivity index (χ0n) is 11.4. The fourth-order valence-electron chi connectivity index (χ4n) is 3.04. The van der Waals surface area contributed by atoms with Crippen LogP contribution in [0.1, 0.15) is 36.8 Å². The Morgan fingerprint density at radius 3 is 2.37 bits per heavy atom. The van der Waals surface area contributed by atoms with Gasteiger partial charge in [-0.25, -0.2) is 0 Å². The number of hydrogen-bond acceptors (Lipinski definition) is 3. The van der Waals surface area contributed by atoms with Crippen molar-refractivity contribution in [1.82, 2.24) is 10.2 Å². The van der Waals surface area contributed by atoms with E-state index in [2.05, 4.69) is 22.3 Å². The van der Waals surface area contributed by atoms with Crippen LogP contribution in [0, 0.1) is 12.8 Å².